The topological polar surface area (TPSA) is 12.0 Å². The van der Waals surface area contributed by atoms with E-state index in [-0.39, 0.29) is 0 Å². The monoisotopic (exact) mass is 181 g/mol. The van der Waals surface area contributed by atoms with E-state index in [1.54, 1.807) is 6.42 Å². The molecule has 0 unspecified atom stereocenters. The summed E-state index contributed by atoms with van der Waals surface area (Å²) in [6.07, 6.45) is 7.38. The van der Waals surface area contributed by atoms with Crippen LogP contribution in [0, 0.1) is 17.8 Å². The van der Waals surface area contributed by atoms with Crippen molar-refractivity contribution < 1.29 is 0 Å². The molecule has 13 heavy (non-hydrogen) atoms. The summed E-state index contributed by atoms with van der Waals surface area (Å²) in [6.45, 7) is 5.84. The Morgan fingerprint density at radius 2 is 2.15 bits per heavy atom. The van der Waals surface area contributed by atoms with Gasteiger partial charge in [0.25, 0.3) is 0 Å². The van der Waals surface area contributed by atoms with E-state index >= 15 is 0 Å². The molecule has 1 heteroatoms. The largest absolute Gasteiger partial charge is 0.314 e. The van der Waals surface area contributed by atoms with Crippen LogP contribution >= 0.6 is 0 Å². The molecule has 2 rings (SSSR count). The van der Waals surface area contributed by atoms with Crippen LogP contribution in [0.5, 0.6) is 0 Å². The van der Waals surface area contributed by atoms with Crippen molar-refractivity contribution in [1.82, 2.24) is 5.32 Å². The third kappa shape index (κ3) is 1.90. The number of hydrogen-bond donors (Lipinski definition) is 1. The second kappa shape index (κ2) is 4.00. The molecule has 0 aromatic heterocycles. The summed E-state index contributed by atoms with van der Waals surface area (Å²) >= 11 is 0. The van der Waals surface area contributed by atoms with Crippen molar-refractivity contribution in [3.8, 4) is 0 Å². The van der Waals surface area contributed by atoms with E-state index in [1.165, 1.54) is 32.2 Å². The van der Waals surface area contributed by atoms with Crippen LogP contribution in [-0.2, 0) is 0 Å². The molecular weight excluding hydrogens is 158 g/mol. The molecule has 0 amide bonds. The van der Waals surface area contributed by atoms with Gasteiger partial charge in [-0.25, -0.2) is 0 Å². The summed E-state index contributed by atoms with van der Waals surface area (Å²) in [6, 6.07) is 0.773. The molecule has 0 aromatic carbocycles. The van der Waals surface area contributed by atoms with E-state index in [2.05, 4.69) is 19.2 Å². The Balaban J connectivity index is 1.80. The Bertz CT molecular complexity index is 167. The molecule has 2 bridgehead atoms. The maximum absolute atomic E-state index is 3.66. The molecule has 2 saturated carbocycles. The van der Waals surface area contributed by atoms with Crippen molar-refractivity contribution >= 4 is 0 Å². The van der Waals surface area contributed by atoms with Crippen LogP contribution in [0.25, 0.3) is 0 Å². The Hall–Kier alpha value is -0.0400. The third-order valence-electron chi connectivity index (χ3n) is 4.15. The number of fused-ring (bicyclic) bond motifs is 2. The summed E-state index contributed by atoms with van der Waals surface area (Å²) in [5, 5.41) is 3.66. The zero-order chi connectivity index (χ0) is 9.26. The highest BCUT2D eigenvalue weighted by Gasteiger charge is 2.41. The predicted molar refractivity (Wildman–Crippen MR) is 56.7 cm³/mol. The standard InChI is InChI=1S/C12H23N/c1-3-6-13-9(2)12-8-10-4-5-11(12)7-10/h9-13H,3-8H2,1-2H3/t9-,10-,11-,12+/m1/s1. The highest BCUT2D eigenvalue weighted by molar-refractivity contribution is 4.93. The summed E-state index contributed by atoms with van der Waals surface area (Å²) in [5.41, 5.74) is 0. The normalized spacial score (nSPS) is 39.7. The fraction of sp³-hybridized carbons (Fsp3) is 1.00. The molecule has 0 radical (unpaired) electrons. The molecule has 0 saturated heterocycles. The smallest absolute Gasteiger partial charge is 0.00697 e. The van der Waals surface area contributed by atoms with Crippen LogP contribution in [0.4, 0.5) is 0 Å². The van der Waals surface area contributed by atoms with Gasteiger partial charge in [-0.2, -0.15) is 0 Å². The van der Waals surface area contributed by atoms with Crippen molar-refractivity contribution in [1.29, 1.82) is 0 Å². The number of hydrogen-bond acceptors (Lipinski definition) is 1. The highest BCUT2D eigenvalue weighted by Crippen LogP contribution is 2.49. The van der Waals surface area contributed by atoms with E-state index in [4.69, 9.17) is 0 Å². The lowest BCUT2D eigenvalue weighted by atomic mass is 9.84. The first kappa shape index (κ1) is 9.51. The average molecular weight is 181 g/mol. The van der Waals surface area contributed by atoms with Crippen LogP contribution in [0.1, 0.15) is 46.0 Å². The predicted octanol–water partition coefficient (Wildman–Crippen LogP) is 2.81. The molecule has 2 aliphatic carbocycles. The molecule has 76 valence electrons. The zero-order valence-electron chi connectivity index (χ0n) is 9.05. The Labute approximate surface area is 82.3 Å². The maximum atomic E-state index is 3.66. The van der Waals surface area contributed by atoms with Gasteiger partial charge in [0.15, 0.2) is 0 Å². The van der Waals surface area contributed by atoms with E-state index < -0.39 is 0 Å². The molecule has 0 heterocycles. The van der Waals surface area contributed by atoms with E-state index in [1.807, 2.05) is 0 Å². The zero-order valence-corrected chi connectivity index (χ0v) is 9.05. The molecule has 4 atom stereocenters. The fourth-order valence-electron chi connectivity index (χ4n) is 3.43. The summed E-state index contributed by atoms with van der Waals surface area (Å²) < 4.78 is 0. The molecule has 0 aromatic rings. The summed E-state index contributed by atoms with van der Waals surface area (Å²) in [4.78, 5) is 0. The van der Waals surface area contributed by atoms with Gasteiger partial charge in [-0.05, 0) is 56.9 Å². The van der Waals surface area contributed by atoms with Gasteiger partial charge in [-0.15, -0.1) is 0 Å². The van der Waals surface area contributed by atoms with Crippen LogP contribution in [0.3, 0.4) is 0 Å². The lowest BCUT2D eigenvalue weighted by molar-refractivity contribution is 0.261. The molecule has 0 aliphatic heterocycles. The molecule has 2 fully saturated rings. The summed E-state index contributed by atoms with van der Waals surface area (Å²) in [7, 11) is 0. The molecule has 1 N–H and O–H groups in total. The van der Waals surface area contributed by atoms with Gasteiger partial charge in [0.05, 0.1) is 0 Å². The minimum atomic E-state index is 0.773. The molecular formula is C12H23N. The van der Waals surface area contributed by atoms with Gasteiger partial charge in [0.2, 0.25) is 0 Å². The number of rotatable bonds is 4. The Morgan fingerprint density at radius 1 is 1.31 bits per heavy atom. The van der Waals surface area contributed by atoms with Crippen LogP contribution in [0.15, 0.2) is 0 Å². The SMILES string of the molecule is CCCN[C@H](C)[C@@H]1C[C@@H]2CC[C@@H]1C2. The van der Waals surface area contributed by atoms with Crippen molar-refractivity contribution in [3.63, 3.8) is 0 Å². The van der Waals surface area contributed by atoms with Crippen molar-refractivity contribution in [2.75, 3.05) is 6.54 Å². The minimum Gasteiger partial charge on any atom is -0.314 e. The first-order valence-corrected chi connectivity index (χ1v) is 6.04. The van der Waals surface area contributed by atoms with Gasteiger partial charge in [-0.3, -0.25) is 0 Å². The fourth-order valence-corrected chi connectivity index (χ4v) is 3.43. The van der Waals surface area contributed by atoms with Crippen LogP contribution in [-0.4, -0.2) is 12.6 Å². The highest BCUT2D eigenvalue weighted by atomic mass is 14.9. The van der Waals surface area contributed by atoms with Gasteiger partial charge in [0.1, 0.15) is 0 Å². The number of nitrogens with one attached hydrogen (secondary N) is 1. The van der Waals surface area contributed by atoms with Gasteiger partial charge >= 0.3 is 0 Å². The van der Waals surface area contributed by atoms with Crippen molar-refractivity contribution in [2.24, 2.45) is 17.8 Å². The van der Waals surface area contributed by atoms with E-state index in [0.717, 1.165) is 23.8 Å². The van der Waals surface area contributed by atoms with Gasteiger partial charge in [0, 0.05) is 6.04 Å². The van der Waals surface area contributed by atoms with Crippen molar-refractivity contribution in [3.05, 3.63) is 0 Å². The van der Waals surface area contributed by atoms with Crippen LogP contribution in [0.2, 0.25) is 0 Å². The second-order valence-corrected chi connectivity index (χ2v) is 5.08. The lowest BCUT2D eigenvalue weighted by Crippen LogP contribution is -2.36. The molecule has 0 spiro atoms. The van der Waals surface area contributed by atoms with Gasteiger partial charge in [-0.1, -0.05) is 13.3 Å². The maximum Gasteiger partial charge on any atom is 0.00697 e. The second-order valence-electron chi connectivity index (χ2n) is 5.08. The lowest BCUT2D eigenvalue weighted by Gasteiger charge is -2.28. The average Bonchev–Trinajstić information content (AvgIpc) is 2.74. The first-order chi connectivity index (χ1) is 6.31. The van der Waals surface area contributed by atoms with E-state index in [0.29, 0.717) is 0 Å². The van der Waals surface area contributed by atoms with Gasteiger partial charge < -0.3 is 5.32 Å². The van der Waals surface area contributed by atoms with E-state index in [9.17, 15) is 0 Å². The summed E-state index contributed by atoms with van der Waals surface area (Å²) in [5.74, 6) is 3.18. The molecule has 2 aliphatic rings. The Morgan fingerprint density at radius 3 is 2.69 bits per heavy atom. The quantitative estimate of drug-likeness (QED) is 0.703. The van der Waals surface area contributed by atoms with Crippen molar-refractivity contribution in [2.45, 2.75) is 52.0 Å². The third-order valence-corrected chi connectivity index (χ3v) is 4.15. The Kier molecular flexibility index (Phi) is 2.92. The van der Waals surface area contributed by atoms with Crippen LogP contribution < -0.4 is 5.32 Å². The first-order valence-electron chi connectivity index (χ1n) is 6.04. The molecule has 1 nitrogen and oxygen atoms in total. The minimum absolute atomic E-state index is 0.773.